The van der Waals surface area contributed by atoms with Crippen molar-refractivity contribution in [2.75, 3.05) is 27.2 Å². The highest BCUT2D eigenvalue weighted by molar-refractivity contribution is 7.89. The second-order valence-corrected chi connectivity index (χ2v) is 11.4. The third-order valence-electron chi connectivity index (χ3n) is 5.00. The van der Waals surface area contributed by atoms with Gasteiger partial charge in [0.1, 0.15) is 0 Å². The first kappa shape index (κ1) is 22.8. The minimum atomic E-state index is -3.80. The van der Waals surface area contributed by atoms with Crippen molar-refractivity contribution in [2.24, 2.45) is 5.92 Å². The number of rotatable bonds is 7. The van der Waals surface area contributed by atoms with Gasteiger partial charge in [-0.2, -0.15) is 4.31 Å². The predicted molar refractivity (Wildman–Crippen MR) is 107 cm³/mol. The van der Waals surface area contributed by atoms with Crippen LogP contribution in [0.4, 0.5) is 0 Å². The van der Waals surface area contributed by atoms with Crippen molar-refractivity contribution in [1.82, 2.24) is 13.9 Å². The standard InChI is InChI=1S/C18H29N3O5S2/c1-5-14(2)19-18(22)15-7-6-12-21(13-15)28(25,26)17-10-8-16(9-11-17)27(23,24)20(3)4/h8-11,14-15H,5-7,12-13H2,1-4H3,(H,19,22). The average molecular weight is 432 g/mol. The van der Waals surface area contributed by atoms with Gasteiger partial charge >= 0.3 is 0 Å². The van der Waals surface area contributed by atoms with Crippen molar-refractivity contribution in [1.29, 1.82) is 0 Å². The van der Waals surface area contributed by atoms with Crippen LogP contribution in [0, 0.1) is 5.92 Å². The molecule has 1 aromatic carbocycles. The summed E-state index contributed by atoms with van der Waals surface area (Å²) in [5.74, 6) is -0.507. The number of piperidine rings is 1. The van der Waals surface area contributed by atoms with Crippen LogP contribution in [0.2, 0.25) is 0 Å². The second-order valence-electron chi connectivity index (χ2n) is 7.28. The molecule has 1 saturated heterocycles. The maximum atomic E-state index is 13.0. The van der Waals surface area contributed by atoms with Crippen LogP contribution in [0.15, 0.2) is 34.1 Å². The van der Waals surface area contributed by atoms with Crippen LogP contribution in [0.3, 0.4) is 0 Å². The topological polar surface area (TPSA) is 104 Å². The molecule has 1 aromatic rings. The molecule has 0 radical (unpaired) electrons. The van der Waals surface area contributed by atoms with Crippen LogP contribution in [-0.2, 0) is 24.8 Å². The number of nitrogens with one attached hydrogen (secondary N) is 1. The third-order valence-corrected chi connectivity index (χ3v) is 8.70. The molecular weight excluding hydrogens is 402 g/mol. The fourth-order valence-corrected chi connectivity index (χ4v) is 5.41. The molecule has 28 heavy (non-hydrogen) atoms. The largest absolute Gasteiger partial charge is 0.353 e. The second kappa shape index (κ2) is 8.89. The molecule has 2 atom stereocenters. The molecule has 2 unspecified atom stereocenters. The lowest BCUT2D eigenvalue weighted by atomic mass is 9.98. The zero-order chi connectivity index (χ0) is 21.1. The summed E-state index contributed by atoms with van der Waals surface area (Å²) in [5.41, 5.74) is 0. The van der Waals surface area contributed by atoms with Gasteiger partial charge in [0, 0.05) is 33.2 Å². The molecule has 1 amide bonds. The Balaban J connectivity index is 2.19. The van der Waals surface area contributed by atoms with E-state index in [0.717, 1.165) is 10.7 Å². The van der Waals surface area contributed by atoms with Crippen molar-refractivity contribution in [3.8, 4) is 0 Å². The summed E-state index contributed by atoms with van der Waals surface area (Å²) < 4.78 is 52.6. The highest BCUT2D eigenvalue weighted by atomic mass is 32.2. The van der Waals surface area contributed by atoms with Gasteiger partial charge in [-0.05, 0) is 50.5 Å². The van der Waals surface area contributed by atoms with E-state index in [4.69, 9.17) is 0 Å². The number of carbonyl (C=O) groups is 1. The number of nitrogens with zero attached hydrogens (tertiary/aromatic N) is 2. The number of hydrogen-bond acceptors (Lipinski definition) is 5. The van der Waals surface area contributed by atoms with Gasteiger partial charge in [0.2, 0.25) is 26.0 Å². The summed E-state index contributed by atoms with van der Waals surface area (Å²) >= 11 is 0. The van der Waals surface area contributed by atoms with Gasteiger partial charge in [-0.15, -0.1) is 0 Å². The van der Waals surface area contributed by atoms with Gasteiger partial charge < -0.3 is 5.32 Å². The van der Waals surface area contributed by atoms with Crippen LogP contribution in [0.5, 0.6) is 0 Å². The molecule has 1 aliphatic heterocycles. The number of amides is 1. The fourth-order valence-electron chi connectivity index (χ4n) is 2.98. The Bertz CT molecular complexity index is 896. The van der Waals surface area contributed by atoms with Crippen molar-refractivity contribution in [3.63, 3.8) is 0 Å². The van der Waals surface area contributed by atoms with E-state index in [1.165, 1.54) is 42.7 Å². The summed E-state index contributed by atoms with van der Waals surface area (Å²) in [5, 5.41) is 2.91. The van der Waals surface area contributed by atoms with Crippen LogP contribution < -0.4 is 5.32 Å². The smallest absolute Gasteiger partial charge is 0.243 e. The van der Waals surface area contributed by atoms with Crippen molar-refractivity contribution in [2.45, 2.75) is 48.9 Å². The first-order valence-electron chi connectivity index (χ1n) is 9.33. The van der Waals surface area contributed by atoms with Crippen LogP contribution in [0.25, 0.3) is 0 Å². The van der Waals surface area contributed by atoms with Gasteiger partial charge in [-0.3, -0.25) is 4.79 Å². The molecule has 158 valence electrons. The summed E-state index contributed by atoms with van der Waals surface area (Å²) in [7, 11) is -4.60. The Morgan fingerprint density at radius 1 is 1.18 bits per heavy atom. The molecule has 0 aliphatic carbocycles. The molecule has 1 aliphatic rings. The first-order chi connectivity index (χ1) is 13.0. The molecule has 1 N–H and O–H groups in total. The molecule has 0 bridgehead atoms. The monoisotopic (exact) mass is 431 g/mol. The van der Waals surface area contributed by atoms with Crippen molar-refractivity contribution < 1.29 is 21.6 Å². The van der Waals surface area contributed by atoms with Gasteiger partial charge in [-0.25, -0.2) is 21.1 Å². The van der Waals surface area contributed by atoms with E-state index in [0.29, 0.717) is 19.4 Å². The van der Waals surface area contributed by atoms with E-state index in [9.17, 15) is 21.6 Å². The Morgan fingerprint density at radius 3 is 2.29 bits per heavy atom. The number of benzene rings is 1. The lowest BCUT2D eigenvalue weighted by molar-refractivity contribution is -0.126. The van der Waals surface area contributed by atoms with Crippen LogP contribution in [0.1, 0.15) is 33.1 Å². The van der Waals surface area contributed by atoms with Crippen molar-refractivity contribution in [3.05, 3.63) is 24.3 Å². The molecular formula is C18H29N3O5S2. The van der Waals surface area contributed by atoms with Gasteiger partial charge in [0.25, 0.3) is 0 Å². The summed E-state index contributed by atoms with van der Waals surface area (Å²) in [6.07, 6.45) is 2.06. The van der Waals surface area contributed by atoms with E-state index >= 15 is 0 Å². The molecule has 0 saturated carbocycles. The summed E-state index contributed by atoms with van der Waals surface area (Å²) in [6, 6.07) is 5.23. The SMILES string of the molecule is CCC(C)NC(=O)C1CCCN(S(=O)(=O)c2ccc(S(=O)(=O)N(C)C)cc2)C1. The lowest BCUT2D eigenvalue weighted by Gasteiger charge is -2.31. The highest BCUT2D eigenvalue weighted by Gasteiger charge is 2.33. The van der Waals surface area contributed by atoms with Crippen molar-refractivity contribution >= 4 is 26.0 Å². The Morgan fingerprint density at radius 2 is 1.75 bits per heavy atom. The molecule has 1 fully saturated rings. The zero-order valence-electron chi connectivity index (χ0n) is 16.8. The zero-order valence-corrected chi connectivity index (χ0v) is 18.4. The lowest BCUT2D eigenvalue weighted by Crippen LogP contribution is -2.47. The molecule has 8 nitrogen and oxygen atoms in total. The van der Waals surface area contributed by atoms with E-state index in [-0.39, 0.29) is 34.2 Å². The molecule has 1 heterocycles. The number of sulfonamides is 2. The molecule has 2 rings (SSSR count). The maximum absolute atomic E-state index is 13.0. The Kier molecular flexibility index (Phi) is 7.24. The summed E-state index contributed by atoms with van der Waals surface area (Å²) in [4.78, 5) is 12.4. The van der Waals surface area contributed by atoms with Crippen LogP contribution in [-0.4, -0.2) is 64.6 Å². The average Bonchev–Trinajstić information content (AvgIpc) is 2.67. The van der Waals surface area contributed by atoms with E-state index in [1.54, 1.807) is 0 Å². The maximum Gasteiger partial charge on any atom is 0.243 e. The Hall–Kier alpha value is -1.49. The minimum Gasteiger partial charge on any atom is -0.353 e. The quantitative estimate of drug-likeness (QED) is 0.700. The van der Waals surface area contributed by atoms with E-state index in [1.807, 2.05) is 13.8 Å². The predicted octanol–water partition coefficient (Wildman–Crippen LogP) is 1.25. The van der Waals surface area contributed by atoms with Gasteiger partial charge in [-0.1, -0.05) is 6.92 Å². The molecule has 0 aromatic heterocycles. The number of hydrogen-bond donors (Lipinski definition) is 1. The van der Waals surface area contributed by atoms with Crippen LogP contribution >= 0.6 is 0 Å². The van der Waals surface area contributed by atoms with E-state index in [2.05, 4.69) is 5.32 Å². The minimum absolute atomic E-state index is 0.0215. The Labute approximate surface area is 168 Å². The van der Waals surface area contributed by atoms with Gasteiger partial charge in [0.05, 0.1) is 15.7 Å². The van der Waals surface area contributed by atoms with Gasteiger partial charge in [0.15, 0.2) is 0 Å². The summed E-state index contributed by atoms with van der Waals surface area (Å²) in [6.45, 7) is 4.36. The first-order valence-corrected chi connectivity index (χ1v) is 12.2. The molecule has 10 heteroatoms. The van der Waals surface area contributed by atoms with E-state index < -0.39 is 20.0 Å². The fraction of sp³-hybridized carbons (Fsp3) is 0.611. The molecule has 0 spiro atoms. The third kappa shape index (κ3) is 4.91. The number of carbonyl (C=O) groups excluding carboxylic acids is 1. The highest BCUT2D eigenvalue weighted by Crippen LogP contribution is 2.25. The normalized spacial score (nSPS) is 20.1.